The number of carbonyl (C=O) groups excluding carboxylic acids is 1. The van der Waals surface area contributed by atoms with E-state index in [1.807, 2.05) is 34.0 Å². The van der Waals surface area contributed by atoms with Gasteiger partial charge in [0.1, 0.15) is 17.2 Å². The number of carbonyl (C=O) groups is 1. The Bertz CT molecular complexity index is 929. The summed E-state index contributed by atoms with van der Waals surface area (Å²) in [6.07, 6.45) is 0. The fourth-order valence-electron chi connectivity index (χ4n) is 2.34. The predicted molar refractivity (Wildman–Crippen MR) is 101 cm³/mol. The number of benzene rings is 1. The van der Waals surface area contributed by atoms with Crippen LogP contribution in [-0.4, -0.2) is 18.1 Å². The zero-order valence-corrected chi connectivity index (χ0v) is 15.6. The smallest absolute Gasteiger partial charge is 0.343 e. The van der Waals surface area contributed by atoms with Crippen LogP contribution in [0.2, 0.25) is 0 Å². The van der Waals surface area contributed by atoms with Gasteiger partial charge in [0, 0.05) is 15.5 Å². The van der Waals surface area contributed by atoms with Crippen molar-refractivity contribution in [1.82, 2.24) is 4.98 Å². The Morgan fingerprint density at radius 3 is 2.92 bits per heavy atom. The second-order valence-corrected chi connectivity index (χ2v) is 7.05. The molecule has 0 unspecified atom stereocenters. The fourth-order valence-corrected chi connectivity index (χ4v) is 3.75. The molecule has 0 aliphatic rings. The van der Waals surface area contributed by atoms with E-state index in [1.54, 1.807) is 12.1 Å². The Hall–Kier alpha value is -1.78. The summed E-state index contributed by atoms with van der Waals surface area (Å²) < 4.78 is 20.5. The molecule has 0 aliphatic heterocycles. The number of hydrogen-bond donors (Lipinski definition) is 2. The van der Waals surface area contributed by atoms with Crippen molar-refractivity contribution in [2.45, 2.75) is 6.54 Å². The van der Waals surface area contributed by atoms with Crippen LogP contribution in [-0.2, 0) is 11.3 Å². The second kappa shape index (κ2) is 6.99. The Balaban J connectivity index is 2.19. The van der Waals surface area contributed by atoms with Crippen molar-refractivity contribution < 1.29 is 13.9 Å². The van der Waals surface area contributed by atoms with Gasteiger partial charge in [-0.25, -0.2) is 14.2 Å². The third kappa shape index (κ3) is 3.08. The van der Waals surface area contributed by atoms with Gasteiger partial charge in [-0.05, 0) is 52.2 Å². The molecule has 8 heteroatoms. The lowest BCUT2D eigenvalue weighted by Crippen LogP contribution is -2.11. The van der Waals surface area contributed by atoms with Crippen LogP contribution >= 0.6 is 33.9 Å². The second-order valence-electron chi connectivity index (χ2n) is 4.89. The number of thiophene rings is 1. The minimum absolute atomic E-state index is 0.207. The number of nitrogens with zero attached hydrogens (tertiary/aromatic N) is 1. The third-order valence-corrected chi connectivity index (χ3v) is 5.06. The molecular weight excluding hydrogens is 444 g/mol. The molecule has 0 amide bonds. The van der Waals surface area contributed by atoms with Crippen molar-refractivity contribution in [2.75, 3.05) is 12.4 Å². The Labute approximate surface area is 155 Å². The zero-order chi connectivity index (χ0) is 17.3. The SMILES string of the molecule is COC(=O)c1c(Nc2ccc(I)cc2F)nc(CN)c2ccsc12. The van der Waals surface area contributed by atoms with Crippen molar-refractivity contribution >= 4 is 61.5 Å². The van der Waals surface area contributed by atoms with Gasteiger partial charge in [-0.3, -0.25) is 0 Å². The van der Waals surface area contributed by atoms with Crippen LogP contribution in [0.4, 0.5) is 15.9 Å². The van der Waals surface area contributed by atoms with E-state index in [4.69, 9.17) is 10.5 Å². The first-order valence-electron chi connectivity index (χ1n) is 6.95. The van der Waals surface area contributed by atoms with Crippen molar-refractivity contribution in [3.63, 3.8) is 0 Å². The Kier molecular flexibility index (Phi) is 4.97. The summed E-state index contributed by atoms with van der Waals surface area (Å²) in [5, 5.41) is 5.56. The van der Waals surface area contributed by atoms with Crippen LogP contribution in [0.1, 0.15) is 16.1 Å². The molecule has 5 nitrogen and oxygen atoms in total. The lowest BCUT2D eigenvalue weighted by Gasteiger charge is -2.14. The van der Waals surface area contributed by atoms with Gasteiger partial charge < -0.3 is 15.8 Å². The first kappa shape index (κ1) is 17.1. The highest BCUT2D eigenvalue weighted by Gasteiger charge is 2.22. The highest BCUT2D eigenvalue weighted by atomic mass is 127. The zero-order valence-electron chi connectivity index (χ0n) is 12.6. The van der Waals surface area contributed by atoms with Gasteiger partial charge in [-0.15, -0.1) is 11.3 Å². The summed E-state index contributed by atoms with van der Waals surface area (Å²) in [5.74, 6) is -0.732. The lowest BCUT2D eigenvalue weighted by molar-refractivity contribution is 0.0604. The van der Waals surface area contributed by atoms with Gasteiger partial charge in [0.05, 0.1) is 23.2 Å². The molecule has 2 heterocycles. The van der Waals surface area contributed by atoms with E-state index in [-0.39, 0.29) is 23.6 Å². The summed E-state index contributed by atoms with van der Waals surface area (Å²) in [7, 11) is 1.30. The molecule has 0 radical (unpaired) electrons. The van der Waals surface area contributed by atoms with Crippen LogP contribution in [0.5, 0.6) is 0 Å². The standard InChI is InChI=1S/C16H13FIN3O2S/c1-23-16(22)13-14-9(4-5-24-14)12(7-19)21-15(13)20-11-3-2-8(18)6-10(11)17/h2-6H,7,19H2,1H3,(H,20,21). The average molecular weight is 457 g/mol. The van der Waals surface area contributed by atoms with Gasteiger partial charge in [0.25, 0.3) is 0 Å². The first-order chi connectivity index (χ1) is 11.5. The van der Waals surface area contributed by atoms with E-state index in [1.165, 1.54) is 24.5 Å². The number of halogens is 2. The maximum absolute atomic E-state index is 14.2. The molecule has 1 aromatic carbocycles. The van der Waals surface area contributed by atoms with E-state index in [0.717, 1.165) is 8.96 Å². The van der Waals surface area contributed by atoms with E-state index in [0.29, 0.717) is 10.4 Å². The molecule has 0 aliphatic carbocycles. The summed E-state index contributed by atoms with van der Waals surface area (Å²) in [5.41, 5.74) is 6.90. The monoisotopic (exact) mass is 457 g/mol. The number of pyridine rings is 1. The minimum Gasteiger partial charge on any atom is -0.465 e. The highest BCUT2D eigenvalue weighted by molar-refractivity contribution is 14.1. The van der Waals surface area contributed by atoms with Crippen LogP contribution in [0, 0.1) is 9.39 Å². The molecule has 0 fully saturated rings. The minimum atomic E-state index is -0.535. The molecule has 0 saturated carbocycles. The quantitative estimate of drug-likeness (QED) is 0.457. The molecule has 3 aromatic rings. The predicted octanol–water partition coefficient (Wildman–Crippen LogP) is 4.03. The van der Waals surface area contributed by atoms with Crippen molar-refractivity contribution in [3.05, 3.63) is 50.3 Å². The highest BCUT2D eigenvalue weighted by Crippen LogP contribution is 2.34. The van der Waals surface area contributed by atoms with Crippen molar-refractivity contribution in [2.24, 2.45) is 5.73 Å². The van der Waals surface area contributed by atoms with Crippen LogP contribution in [0.25, 0.3) is 10.1 Å². The molecule has 0 atom stereocenters. The maximum Gasteiger partial charge on any atom is 0.343 e. The number of nitrogens with two attached hydrogens (primary N) is 1. The van der Waals surface area contributed by atoms with Crippen LogP contribution < -0.4 is 11.1 Å². The Morgan fingerprint density at radius 2 is 2.25 bits per heavy atom. The fraction of sp³-hybridized carbons (Fsp3) is 0.125. The topological polar surface area (TPSA) is 77.2 Å². The Morgan fingerprint density at radius 1 is 1.46 bits per heavy atom. The number of anilines is 2. The molecular formula is C16H13FIN3O2S. The van der Waals surface area contributed by atoms with E-state index in [2.05, 4.69) is 10.3 Å². The van der Waals surface area contributed by atoms with E-state index in [9.17, 15) is 9.18 Å². The molecule has 3 rings (SSSR count). The maximum atomic E-state index is 14.2. The number of fused-ring (bicyclic) bond motifs is 1. The average Bonchev–Trinajstić information content (AvgIpc) is 3.05. The molecule has 0 saturated heterocycles. The summed E-state index contributed by atoms with van der Waals surface area (Å²) in [4.78, 5) is 16.7. The van der Waals surface area contributed by atoms with Gasteiger partial charge in [0.15, 0.2) is 0 Å². The van der Waals surface area contributed by atoms with E-state index < -0.39 is 11.8 Å². The number of methoxy groups -OCH3 is 1. The van der Waals surface area contributed by atoms with Gasteiger partial charge >= 0.3 is 5.97 Å². The molecule has 24 heavy (non-hydrogen) atoms. The number of rotatable bonds is 4. The number of ether oxygens (including phenoxy) is 1. The number of nitrogens with one attached hydrogen (secondary N) is 1. The number of hydrogen-bond acceptors (Lipinski definition) is 6. The third-order valence-electron chi connectivity index (χ3n) is 3.45. The van der Waals surface area contributed by atoms with Crippen LogP contribution in [0.15, 0.2) is 29.6 Å². The lowest BCUT2D eigenvalue weighted by atomic mass is 10.1. The van der Waals surface area contributed by atoms with Crippen molar-refractivity contribution in [1.29, 1.82) is 0 Å². The van der Waals surface area contributed by atoms with Crippen molar-refractivity contribution in [3.8, 4) is 0 Å². The van der Waals surface area contributed by atoms with Gasteiger partial charge in [-0.1, -0.05) is 0 Å². The summed E-state index contributed by atoms with van der Waals surface area (Å²) in [6, 6.07) is 6.61. The van der Waals surface area contributed by atoms with Gasteiger partial charge in [0.2, 0.25) is 0 Å². The van der Waals surface area contributed by atoms with Crippen LogP contribution in [0.3, 0.4) is 0 Å². The van der Waals surface area contributed by atoms with Gasteiger partial charge in [-0.2, -0.15) is 0 Å². The van der Waals surface area contributed by atoms with E-state index >= 15 is 0 Å². The largest absolute Gasteiger partial charge is 0.465 e. The summed E-state index contributed by atoms with van der Waals surface area (Å²) >= 11 is 3.41. The molecule has 0 bridgehead atoms. The first-order valence-corrected chi connectivity index (χ1v) is 8.91. The number of esters is 1. The summed E-state index contributed by atoms with van der Waals surface area (Å²) in [6.45, 7) is 0.207. The molecule has 0 spiro atoms. The number of aromatic nitrogens is 1. The molecule has 3 N–H and O–H groups in total. The normalized spacial score (nSPS) is 10.8. The molecule has 2 aromatic heterocycles. The molecule has 124 valence electrons.